The molecule has 3 aromatic rings. The number of rotatable bonds is 5. The first-order chi connectivity index (χ1) is 13.6. The normalized spacial score (nSPS) is 15.0. The van der Waals surface area contributed by atoms with Gasteiger partial charge < -0.3 is 9.47 Å². The number of hydrogen-bond donors (Lipinski definition) is 0. The standard InChI is InChI=1S/C21H21FN4OS/c1-25-19(16-11-5-6-12-17(16)22)23-24-21(25)28-18(15-9-3-2-4-10-15)20(27)26-13-7-8-14-26/h2-6,9-12,18H,7-8,13-14H2,1H3. The van der Waals surface area contributed by atoms with Crippen LogP contribution < -0.4 is 0 Å². The van der Waals surface area contributed by atoms with Gasteiger partial charge in [-0.05, 0) is 30.5 Å². The average molecular weight is 396 g/mol. The summed E-state index contributed by atoms with van der Waals surface area (Å²) < 4.78 is 15.9. The van der Waals surface area contributed by atoms with Crippen molar-refractivity contribution in [3.8, 4) is 11.4 Å². The van der Waals surface area contributed by atoms with E-state index in [0.717, 1.165) is 31.5 Å². The highest BCUT2D eigenvalue weighted by atomic mass is 32.2. The summed E-state index contributed by atoms with van der Waals surface area (Å²) >= 11 is 1.36. The molecule has 2 heterocycles. The minimum absolute atomic E-state index is 0.0872. The number of carbonyl (C=O) groups excluding carboxylic acids is 1. The molecule has 0 radical (unpaired) electrons. The lowest BCUT2D eigenvalue weighted by Gasteiger charge is -2.22. The summed E-state index contributed by atoms with van der Waals surface area (Å²) in [4.78, 5) is 15.1. The number of likely N-dealkylation sites (tertiary alicyclic amines) is 1. The van der Waals surface area contributed by atoms with Gasteiger partial charge in [0.05, 0.1) is 5.56 Å². The SMILES string of the molecule is Cn1c(SC(C(=O)N2CCCC2)c2ccccc2)nnc1-c1ccccc1F. The molecule has 4 rings (SSSR count). The molecular weight excluding hydrogens is 375 g/mol. The highest BCUT2D eigenvalue weighted by molar-refractivity contribution is 8.00. The van der Waals surface area contributed by atoms with Crippen LogP contribution in [0.4, 0.5) is 4.39 Å². The van der Waals surface area contributed by atoms with Crippen LogP contribution in [0.15, 0.2) is 59.8 Å². The molecule has 1 fully saturated rings. The van der Waals surface area contributed by atoms with E-state index < -0.39 is 5.25 Å². The number of thioether (sulfide) groups is 1. The van der Waals surface area contributed by atoms with E-state index in [1.54, 1.807) is 29.8 Å². The van der Waals surface area contributed by atoms with E-state index in [1.807, 2.05) is 35.2 Å². The molecule has 0 aliphatic carbocycles. The first-order valence-electron chi connectivity index (χ1n) is 9.30. The van der Waals surface area contributed by atoms with Crippen molar-refractivity contribution in [2.45, 2.75) is 23.2 Å². The van der Waals surface area contributed by atoms with Crippen LogP contribution in [0.5, 0.6) is 0 Å². The fourth-order valence-corrected chi connectivity index (χ4v) is 4.48. The van der Waals surface area contributed by atoms with E-state index in [0.29, 0.717) is 16.5 Å². The van der Waals surface area contributed by atoms with Crippen LogP contribution in [0.2, 0.25) is 0 Å². The van der Waals surface area contributed by atoms with E-state index in [-0.39, 0.29) is 11.7 Å². The summed E-state index contributed by atoms with van der Waals surface area (Å²) in [5, 5.41) is 8.60. The van der Waals surface area contributed by atoms with Crippen LogP contribution in [0.1, 0.15) is 23.7 Å². The van der Waals surface area contributed by atoms with Gasteiger partial charge in [0.2, 0.25) is 5.91 Å². The number of benzene rings is 2. The Morgan fingerprint density at radius 2 is 1.71 bits per heavy atom. The van der Waals surface area contributed by atoms with Gasteiger partial charge in [0.15, 0.2) is 11.0 Å². The van der Waals surface area contributed by atoms with Crippen LogP contribution in [-0.4, -0.2) is 38.7 Å². The zero-order valence-electron chi connectivity index (χ0n) is 15.6. The van der Waals surface area contributed by atoms with E-state index in [1.165, 1.54) is 17.8 Å². The molecule has 1 unspecified atom stereocenters. The van der Waals surface area contributed by atoms with E-state index in [4.69, 9.17) is 0 Å². The molecule has 1 saturated heterocycles. The second-order valence-electron chi connectivity index (χ2n) is 6.79. The Kier molecular flexibility index (Phi) is 5.43. The maximum atomic E-state index is 14.2. The summed E-state index contributed by atoms with van der Waals surface area (Å²) in [6, 6.07) is 16.2. The Bertz CT molecular complexity index is 970. The molecule has 28 heavy (non-hydrogen) atoms. The van der Waals surface area contributed by atoms with E-state index in [9.17, 15) is 9.18 Å². The van der Waals surface area contributed by atoms with Gasteiger partial charge in [-0.2, -0.15) is 0 Å². The molecule has 1 atom stereocenters. The molecule has 0 saturated carbocycles. The molecule has 0 spiro atoms. The lowest BCUT2D eigenvalue weighted by atomic mass is 10.1. The lowest BCUT2D eigenvalue weighted by molar-refractivity contribution is -0.129. The van der Waals surface area contributed by atoms with E-state index >= 15 is 0 Å². The van der Waals surface area contributed by atoms with Gasteiger partial charge in [0, 0.05) is 20.1 Å². The van der Waals surface area contributed by atoms with Gasteiger partial charge in [-0.25, -0.2) is 4.39 Å². The summed E-state index contributed by atoms with van der Waals surface area (Å²) in [6.45, 7) is 1.59. The number of carbonyl (C=O) groups is 1. The second-order valence-corrected chi connectivity index (χ2v) is 7.86. The molecule has 0 bridgehead atoms. The number of aromatic nitrogens is 3. The molecular formula is C21H21FN4OS. The number of hydrogen-bond acceptors (Lipinski definition) is 4. The third kappa shape index (κ3) is 3.67. The number of amides is 1. The van der Waals surface area contributed by atoms with Crippen LogP contribution in [0.25, 0.3) is 11.4 Å². The lowest BCUT2D eigenvalue weighted by Crippen LogP contribution is -2.31. The molecule has 1 aromatic heterocycles. The molecule has 7 heteroatoms. The van der Waals surface area contributed by atoms with Crippen molar-refractivity contribution in [2.75, 3.05) is 13.1 Å². The fraction of sp³-hybridized carbons (Fsp3) is 0.286. The zero-order chi connectivity index (χ0) is 19.5. The number of nitrogens with zero attached hydrogens (tertiary/aromatic N) is 4. The van der Waals surface area contributed by atoms with Crippen LogP contribution in [0.3, 0.4) is 0 Å². The maximum absolute atomic E-state index is 14.2. The van der Waals surface area contributed by atoms with Crippen molar-refractivity contribution >= 4 is 17.7 Å². The minimum atomic E-state index is -0.407. The van der Waals surface area contributed by atoms with Crippen LogP contribution in [0, 0.1) is 5.82 Å². The summed E-state index contributed by atoms with van der Waals surface area (Å²) in [5.41, 5.74) is 1.33. The molecule has 5 nitrogen and oxygen atoms in total. The molecule has 1 amide bonds. The van der Waals surface area contributed by atoms with Gasteiger partial charge in [0.1, 0.15) is 11.1 Å². The largest absolute Gasteiger partial charge is 0.341 e. The smallest absolute Gasteiger partial charge is 0.240 e. The number of halogens is 1. The third-order valence-corrected chi connectivity index (χ3v) is 6.19. The van der Waals surface area contributed by atoms with Crippen molar-refractivity contribution < 1.29 is 9.18 Å². The molecule has 2 aromatic carbocycles. The highest BCUT2D eigenvalue weighted by Gasteiger charge is 2.30. The fourth-order valence-electron chi connectivity index (χ4n) is 3.39. The quantitative estimate of drug-likeness (QED) is 0.610. The van der Waals surface area contributed by atoms with Crippen LogP contribution in [-0.2, 0) is 11.8 Å². The van der Waals surface area contributed by atoms with Crippen molar-refractivity contribution in [3.05, 3.63) is 66.0 Å². The van der Waals surface area contributed by atoms with Gasteiger partial charge in [-0.3, -0.25) is 4.79 Å². The predicted molar refractivity (Wildman–Crippen MR) is 107 cm³/mol. The summed E-state index contributed by atoms with van der Waals surface area (Å²) in [5.74, 6) is 0.187. The van der Waals surface area contributed by atoms with Gasteiger partial charge in [-0.1, -0.05) is 54.2 Å². The summed E-state index contributed by atoms with van der Waals surface area (Å²) in [6.07, 6.45) is 2.08. The third-order valence-electron chi connectivity index (χ3n) is 4.92. The second kappa shape index (κ2) is 8.14. The first kappa shape index (κ1) is 18.7. The predicted octanol–water partition coefficient (Wildman–Crippen LogP) is 4.08. The Balaban J connectivity index is 1.66. The van der Waals surface area contributed by atoms with Crippen molar-refractivity contribution in [1.29, 1.82) is 0 Å². The Hall–Kier alpha value is -2.67. The molecule has 1 aliphatic heterocycles. The van der Waals surface area contributed by atoms with Crippen LogP contribution >= 0.6 is 11.8 Å². The highest BCUT2D eigenvalue weighted by Crippen LogP contribution is 2.37. The summed E-state index contributed by atoms with van der Waals surface area (Å²) in [7, 11) is 1.80. The van der Waals surface area contributed by atoms with Gasteiger partial charge in [-0.15, -0.1) is 10.2 Å². The minimum Gasteiger partial charge on any atom is -0.341 e. The van der Waals surface area contributed by atoms with Gasteiger partial charge >= 0.3 is 0 Å². The van der Waals surface area contributed by atoms with Crippen molar-refractivity contribution in [2.24, 2.45) is 7.05 Å². The Labute approximate surface area is 167 Å². The topological polar surface area (TPSA) is 51.0 Å². The zero-order valence-corrected chi connectivity index (χ0v) is 16.4. The maximum Gasteiger partial charge on any atom is 0.240 e. The first-order valence-corrected chi connectivity index (χ1v) is 10.2. The van der Waals surface area contributed by atoms with Crippen molar-refractivity contribution in [3.63, 3.8) is 0 Å². The average Bonchev–Trinajstić information content (AvgIpc) is 3.37. The Morgan fingerprint density at radius 3 is 2.43 bits per heavy atom. The Morgan fingerprint density at radius 1 is 1.04 bits per heavy atom. The monoisotopic (exact) mass is 396 g/mol. The molecule has 1 aliphatic rings. The molecule has 144 valence electrons. The van der Waals surface area contributed by atoms with Crippen molar-refractivity contribution in [1.82, 2.24) is 19.7 Å². The molecule has 0 N–H and O–H groups in total. The van der Waals surface area contributed by atoms with E-state index in [2.05, 4.69) is 10.2 Å². The van der Waals surface area contributed by atoms with Gasteiger partial charge in [0.25, 0.3) is 0 Å².